The molecule has 0 spiro atoms. The normalized spacial score (nSPS) is 17.3. The SMILES string of the molecule is COc1cccc(CC(=O)NC2CC(C)(C)Oc3ccc(N)cc32)c1.Cl. The molecule has 1 aliphatic heterocycles. The number of methoxy groups -OCH3 is 1. The van der Waals surface area contributed by atoms with Gasteiger partial charge in [-0.2, -0.15) is 0 Å². The van der Waals surface area contributed by atoms with Gasteiger partial charge < -0.3 is 20.5 Å². The molecule has 5 nitrogen and oxygen atoms in total. The van der Waals surface area contributed by atoms with E-state index >= 15 is 0 Å². The van der Waals surface area contributed by atoms with E-state index in [0.29, 0.717) is 18.5 Å². The molecular formula is C20H25ClN2O3. The van der Waals surface area contributed by atoms with Crippen LogP contribution in [0.4, 0.5) is 5.69 Å². The van der Waals surface area contributed by atoms with Crippen molar-refractivity contribution in [3.63, 3.8) is 0 Å². The first-order chi connectivity index (χ1) is 11.9. The maximum atomic E-state index is 12.6. The Balaban J connectivity index is 0.00000243. The molecule has 0 saturated carbocycles. The van der Waals surface area contributed by atoms with Crippen LogP contribution in [0.1, 0.15) is 37.4 Å². The molecule has 2 aromatic carbocycles. The van der Waals surface area contributed by atoms with Crippen molar-refractivity contribution >= 4 is 24.0 Å². The first kappa shape index (κ1) is 19.9. The van der Waals surface area contributed by atoms with Gasteiger partial charge in [-0.25, -0.2) is 0 Å². The van der Waals surface area contributed by atoms with Crippen molar-refractivity contribution in [1.82, 2.24) is 5.32 Å². The van der Waals surface area contributed by atoms with Crippen LogP contribution in [0.15, 0.2) is 42.5 Å². The van der Waals surface area contributed by atoms with Gasteiger partial charge >= 0.3 is 0 Å². The van der Waals surface area contributed by atoms with Gasteiger partial charge in [0.1, 0.15) is 17.1 Å². The number of amides is 1. The maximum absolute atomic E-state index is 12.6. The van der Waals surface area contributed by atoms with Gasteiger partial charge in [-0.1, -0.05) is 12.1 Å². The van der Waals surface area contributed by atoms with Crippen molar-refractivity contribution < 1.29 is 14.3 Å². The van der Waals surface area contributed by atoms with E-state index in [0.717, 1.165) is 22.6 Å². The number of hydrogen-bond donors (Lipinski definition) is 2. The Labute approximate surface area is 160 Å². The zero-order valence-corrected chi connectivity index (χ0v) is 16.1. The molecule has 0 fully saturated rings. The number of ether oxygens (including phenoxy) is 2. The summed E-state index contributed by atoms with van der Waals surface area (Å²) in [6.07, 6.45) is 0.986. The summed E-state index contributed by atoms with van der Waals surface area (Å²) in [5.41, 5.74) is 8.07. The van der Waals surface area contributed by atoms with Crippen molar-refractivity contribution in [2.75, 3.05) is 12.8 Å². The zero-order valence-electron chi connectivity index (χ0n) is 15.2. The topological polar surface area (TPSA) is 73.6 Å². The molecule has 1 atom stereocenters. The first-order valence-corrected chi connectivity index (χ1v) is 8.37. The standard InChI is InChI=1S/C20H24N2O3.ClH/c1-20(2)12-17(16-11-14(21)7-8-18(16)25-20)22-19(23)10-13-5-4-6-15(9-13)24-3;/h4-9,11,17H,10,12,21H2,1-3H3,(H,22,23);1H. The van der Waals surface area contributed by atoms with E-state index in [1.165, 1.54) is 0 Å². The molecule has 0 aromatic heterocycles. The minimum absolute atomic E-state index is 0. The van der Waals surface area contributed by atoms with Crippen LogP contribution in [0.3, 0.4) is 0 Å². The molecule has 0 radical (unpaired) electrons. The Morgan fingerprint density at radius 2 is 2.08 bits per heavy atom. The van der Waals surface area contributed by atoms with E-state index in [-0.39, 0.29) is 30.0 Å². The van der Waals surface area contributed by atoms with Crippen molar-refractivity contribution in [1.29, 1.82) is 0 Å². The lowest BCUT2D eigenvalue weighted by Crippen LogP contribution is -2.41. The second kappa shape index (κ2) is 7.87. The number of anilines is 1. The molecule has 140 valence electrons. The molecular weight excluding hydrogens is 352 g/mol. The zero-order chi connectivity index (χ0) is 18.0. The summed E-state index contributed by atoms with van der Waals surface area (Å²) in [6, 6.07) is 13.0. The molecule has 6 heteroatoms. The lowest BCUT2D eigenvalue weighted by molar-refractivity contribution is -0.121. The predicted molar refractivity (Wildman–Crippen MR) is 105 cm³/mol. The van der Waals surface area contributed by atoms with Crippen molar-refractivity contribution in [3.8, 4) is 11.5 Å². The first-order valence-electron chi connectivity index (χ1n) is 8.37. The summed E-state index contributed by atoms with van der Waals surface area (Å²) < 4.78 is 11.2. The number of carbonyl (C=O) groups excluding carboxylic acids is 1. The molecule has 0 saturated heterocycles. The Kier molecular flexibility index (Phi) is 6.03. The van der Waals surface area contributed by atoms with Gasteiger partial charge in [0.25, 0.3) is 0 Å². The molecule has 0 aliphatic carbocycles. The van der Waals surface area contributed by atoms with Gasteiger partial charge in [-0.3, -0.25) is 4.79 Å². The van der Waals surface area contributed by atoms with Crippen molar-refractivity contribution in [2.24, 2.45) is 0 Å². The number of nitrogens with one attached hydrogen (secondary N) is 1. The van der Waals surface area contributed by atoms with Gasteiger partial charge in [-0.05, 0) is 49.7 Å². The highest BCUT2D eigenvalue weighted by molar-refractivity contribution is 5.85. The number of nitrogen functional groups attached to an aromatic ring is 1. The number of nitrogens with two attached hydrogens (primary N) is 1. The van der Waals surface area contributed by atoms with E-state index in [9.17, 15) is 4.79 Å². The van der Waals surface area contributed by atoms with E-state index in [4.69, 9.17) is 15.2 Å². The monoisotopic (exact) mass is 376 g/mol. The molecule has 2 aromatic rings. The van der Waals surface area contributed by atoms with Crippen LogP contribution in [0, 0.1) is 0 Å². The number of rotatable bonds is 4. The minimum atomic E-state index is -0.350. The minimum Gasteiger partial charge on any atom is -0.497 e. The molecule has 1 heterocycles. The third-order valence-corrected chi connectivity index (χ3v) is 4.33. The van der Waals surface area contributed by atoms with E-state index in [2.05, 4.69) is 5.32 Å². The van der Waals surface area contributed by atoms with Crippen molar-refractivity contribution in [2.45, 2.75) is 38.3 Å². The third-order valence-electron chi connectivity index (χ3n) is 4.33. The number of fused-ring (bicyclic) bond motifs is 1. The summed E-state index contributed by atoms with van der Waals surface area (Å²) in [4.78, 5) is 12.6. The van der Waals surface area contributed by atoms with Crippen LogP contribution in [-0.4, -0.2) is 18.6 Å². The number of carbonyl (C=O) groups is 1. The molecule has 1 aliphatic rings. The van der Waals surface area contributed by atoms with Gasteiger partial charge in [0.2, 0.25) is 5.91 Å². The largest absolute Gasteiger partial charge is 0.497 e. The molecule has 3 N–H and O–H groups in total. The van der Waals surface area contributed by atoms with Crippen LogP contribution in [0.5, 0.6) is 11.5 Å². The fourth-order valence-corrected chi connectivity index (χ4v) is 3.22. The second-order valence-corrected chi connectivity index (χ2v) is 7.01. The van der Waals surface area contributed by atoms with E-state index in [1.54, 1.807) is 7.11 Å². The van der Waals surface area contributed by atoms with Crippen molar-refractivity contribution in [3.05, 3.63) is 53.6 Å². The Hall–Kier alpha value is -2.40. The molecule has 0 bridgehead atoms. The Morgan fingerprint density at radius 1 is 1.31 bits per heavy atom. The van der Waals surface area contributed by atoms with Crippen LogP contribution in [-0.2, 0) is 11.2 Å². The van der Waals surface area contributed by atoms with Gasteiger partial charge in [0, 0.05) is 17.7 Å². The van der Waals surface area contributed by atoms with Crippen LogP contribution in [0.25, 0.3) is 0 Å². The summed E-state index contributed by atoms with van der Waals surface area (Å²) >= 11 is 0. The van der Waals surface area contributed by atoms with Crippen LogP contribution in [0.2, 0.25) is 0 Å². The van der Waals surface area contributed by atoms with E-state index in [1.807, 2.05) is 56.3 Å². The molecule has 26 heavy (non-hydrogen) atoms. The highest BCUT2D eigenvalue weighted by atomic mass is 35.5. The predicted octanol–water partition coefficient (Wildman–Crippen LogP) is 3.66. The summed E-state index contributed by atoms with van der Waals surface area (Å²) in [7, 11) is 1.62. The average molecular weight is 377 g/mol. The lowest BCUT2D eigenvalue weighted by Gasteiger charge is -2.38. The number of hydrogen-bond acceptors (Lipinski definition) is 4. The number of benzene rings is 2. The van der Waals surface area contributed by atoms with Crippen LogP contribution >= 0.6 is 12.4 Å². The summed E-state index contributed by atoms with van der Waals surface area (Å²) in [5, 5.41) is 3.13. The maximum Gasteiger partial charge on any atom is 0.224 e. The fourth-order valence-electron chi connectivity index (χ4n) is 3.22. The lowest BCUT2D eigenvalue weighted by atomic mass is 9.89. The van der Waals surface area contributed by atoms with Gasteiger partial charge in [0.05, 0.1) is 19.6 Å². The summed E-state index contributed by atoms with van der Waals surface area (Å²) in [6.45, 7) is 4.04. The average Bonchev–Trinajstić information content (AvgIpc) is 2.55. The fraction of sp³-hybridized carbons (Fsp3) is 0.350. The second-order valence-electron chi connectivity index (χ2n) is 7.01. The van der Waals surface area contributed by atoms with E-state index < -0.39 is 0 Å². The third kappa shape index (κ3) is 4.61. The Bertz CT molecular complexity index is 792. The summed E-state index contributed by atoms with van der Waals surface area (Å²) in [5.74, 6) is 1.48. The molecule has 3 rings (SSSR count). The number of halogens is 1. The quantitative estimate of drug-likeness (QED) is 0.798. The highest BCUT2D eigenvalue weighted by Crippen LogP contribution is 2.40. The highest BCUT2D eigenvalue weighted by Gasteiger charge is 2.34. The van der Waals surface area contributed by atoms with Gasteiger partial charge in [0.15, 0.2) is 0 Å². The Morgan fingerprint density at radius 3 is 2.81 bits per heavy atom. The smallest absolute Gasteiger partial charge is 0.224 e. The molecule has 1 amide bonds. The molecule has 1 unspecified atom stereocenters. The van der Waals surface area contributed by atoms with Crippen LogP contribution < -0.4 is 20.5 Å². The van der Waals surface area contributed by atoms with Gasteiger partial charge in [-0.15, -0.1) is 12.4 Å².